The summed E-state index contributed by atoms with van der Waals surface area (Å²) in [6, 6.07) is 6.21. The fourth-order valence-corrected chi connectivity index (χ4v) is 5.61. The Morgan fingerprint density at radius 1 is 1.23 bits per heavy atom. The summed E-state index contributed by atoms with van der Waals surface area (Å²) < 4.78 is 38.3. The Labute approximate surface area is 153 Å². The molecule has 8 heteroatoms. The summed E-state index contributed by atoms with van der Waals surface area (Å²) in [7, 11) is -1.54. The van der Waals surface area contributed by atoms with Crippen molar-refractivity contribution in [3.05, 3.63) is 35.2 Å². The summed E-state index contributed by atoms with van der Waals surface area (Å²) in [5.74, 6) is 1.38. The molecule has 0 amide bonds. The SMILES string of the molecule is Cc1noc(C)c1S(=O)(=O)N1CC[C@H](c2ccc3c(c2)OCCN3C)C1. The molecule has 0 aliphatic carbocycles. The number of fused-ring (bicyclic) bond motifs is 1. The van der Waals surface area contributed by atoms with E-state index in [4.69, 9.17) is 9.26 Å². The van der Waals surface area contributed by atoms with Crippen LogP contribution in [0.3, 0.4) is 0 Å². The molecule has 0 unspecified atom stereocenters. The van der Waals surface area contributed by atoms with Gasteiger partial charge in [0.15, 0.2) is 5.76 Å². The Bertz CT molecular complexity index is 918. The van der Waals surface area contributed by atoms with E-state index in [0.717, 1.165) is 30.0 Å². The van der Waals surface area contributed by atoms with Gasteiger partial charge in [-0.05, 0) is 43.9 Å². The predicted molar refractivity (Wildman–Crippen MR) is 97.3 cm³/mol. The first kappa shape index (κ1) is 17.4. The molecule has 2 aliphatic rings. The van der Waals surface area contributed by atoms with E-state index in [1.807, 2.05) is 0 Å². The molecule has 1 fully saturated rings. The van der Waals surface area contributed by atoms with Crippen LogP contribution < -0.4 is 9.64 Å². The molecule has 0 spiro atoms. The van der Waals surface area contributed by atoms with Gasteiger partial charge in [0.2, 0.25) is 10.0 Å². The highest BCUT2D eigenvalue weighted by molar-refractivity contribution is 7.89. The molecule has 1 aromatic carbocycles. The molecule has 0 bridgehead atoms. The lowest BCUT2D eigenvalue weighted by Crippen LogP contribution is -2.29. The molecule has 7 nitrogen and oxygen atoms in total. The maximum atomic E-state index is 13.0. The van der Waals surface area contributed by atoms with Gasteiger partial charge in [0.25, 0.3) is 0 Å². The van der Waals surface area contributed by atoms with E-state index >= 15 is 0 Å². The van der Waals surface area contributed by atoms with Crippen LogP contribution in [-0.4, -0.2) is 51.2 Å². The van der Waals surface area contributed by atoms with Crippen LogP contribution in [0.15, 0.2) is 27.6 Å². The molecular weight excluding hydrogens is 354 g/mol. The van der Waals surface area contributed by atoms with Gasteiger partial charge in [-0.15, -0.1) is 0 Å². The minimum Gasteiger partial charge on any atom is -0.490 e. The maximum Gasteiger partial charge on any atom is 0.248 e. The Balaban J connectivity index is 1.58. The first-order valence-corrected chi connectivity index (χ1v) is 10.2. The summed E-state index contributed by atoms with van der Waals surface area (Å²) in [6.45, 7) is 5.80. The summed E-state index contributed by atoms with van der Waals surface area (Å²) in [5, 5.41) is 3.78. The van der Waals surface area contributed by atoms with Crippen molar-refractivity contribution in [2.75, 3.05) is 38.2 Å². The second kappa shape index (κ2) is 6.28. The van der Waals surface area contributed by atoms with Gasteiger partial charge >= 0.3 is 0 Å². The van der Waals surface area contributed by atoms with Gasteiger partial charge in [0.05, 0.1) is 12.2 Å². The van der Waals surface area contributed by atoms with E-state index in [1.165, 1.54) is 4.31 Å². The summed E-state index contributed by atoms with van der Waals surface area (Å²) in [6.07, 6.45) is 0.789. The molecule has 0 radical (unpaired) electrons. The first-order valence-electron chi connectivity index (χ1n) is 8.79. The van der Waals surface area contributed by atoms with Crippen molar-refractivity contribution in [3.8, 4) is 5.75 Å². The van der Waals surface area contributed by atoms with Crippen LogP contribution >= 0.6 is 0 Å². The van der Waals surface area contributed by atoms with Crippen LogP contribution in [0.25, 0.3) is 0 Å². The van der Waals surface area contributed by atoms with E-state index in [9.17, 15) is 8.42 Å². The summed E-state index contributed by atoms with van der Waals surface area (Å²) >= 11 is 0. The Morgan fingerprint density at radius 2 is 2.04 bits per heavy atom. The van der Waals surface area contributed by atoms with Gasteiger partial charge in [-0.3, -0.25) is 0 Å². The van der Waals surface area contributed by atoms with Crippen molar-refractivity contribution in [3.63, 3.8) is 0 Å². The summed E-state index contributed by atoms with van der Waals surface area (Å²) in [4.78, 5) is 2.37. The van der Waals surface area contributed by atoms with E-state index in [1.54, 1.807) is 13.8 Å². The third-order valence-electron chi connectivity index (χ3n) is 5.27. The number of rotatable bonds is 3. The molecule has 3 heterocycles. The lowest BCUT2D eigenvalue weighted by Gasteiger charge is -2.28. The van der Waals surface area contributed by atoms with Crippen LogP contribution in [0.4, 0.5) is 5.69 Å². The minimum absolute atomic E-state index is 0.159. The summed E-state index contributed by atoms with van der Waals surface area (Å²) in [5.41, 5.74) is 2.62. The molecule has 0 saturated carbocycles. The number of benzene rings is 1. The number of likely N-dealkylation sites (N-methyl/N-ethyl adjacent to an activating group) is 1. The van der Waals surface area contributed by atoms with E-state index in [-0.39, 0.29) is 10.8 Å². The molecule has 1 atom stereocenters. The first-order chi connectivity index (χ1) is 12.4. The van der Waals surface area contributed by atoms with Gasteiger partial charge in [0.1, 0.15) is 22.9 Å². The zero-order chi connectivity index (χ0) is 18.5. The Hall–Kier alpha value is -2.06. The highest BCUT2D eigenvalue weighted by atomic mass is 32.2. The van der Waals surface area contributed by atoms with E-state index in [2.05, 4.69) is 35.3 Å². The fraction of sp³-hybridized carbons (Fsp3) is 0.500. The Morgan fingerprint density at radius 3 is 2.77 bits per heavy atom. The molecule has 4 rings (SSSR count). The topological polar surface area (TPSA) is 75.9 Å². The van der Waals surface area contributed by atoms with Crippen LogP contribution in [0, 0.1) is 13.8 Å². The van der Waals surface area contributed by atoms with Crippen molar-refractivity contribution in [2.45, 2.75) is 31.1 Å². The monoisotopic (exact) mass is 377 g/mol. The molecule has 140 valence electrons. The number of sulfonamides is 1. The third-order valence-corrected chi connectivity index (χ3v) is 7.38. The van der Waals surface area contributed by atoms with Crippen molar-refractivity contribution >= 4 is 15.7 Å². The highest BCUT2D eigenvalue weighted by Gasteiger charge is 2.37. The van der Waals surface area contributed by atoms with Crippen LogP contribution in [0.2, 0.25) is 0 Å². The minimum atomic E-state index is -3.59. The van der Waals surface area contributed by atoms with Gasteiger partial charge < -0.3 is 14.2 Å². The second-order valence-electron chi connectivity index (χ2n) is 7.00. The molecular formula is C18H23N3O4S. The van der Waals surface area contributed by atoms with Crippen LogP contribution in [0.5, 0.6) is 5.75 Å². The van der Waals surface area contributed by atoms with Gasteiger partial charge in [0, 0.05) is 20.1 Å². The number of nitrogens with zero attached hydrogens (tertiary/aromatic N) is 3. The number of ether oxygens (including phenoxy) is 1. The quantitative estimate of drug-likeness (QED) is 0.817. The number of aryl methyl sites for hydroxylation is 2. The Kier molecular flexibility index (Phi) is 4.19. The van der Waals surface area contributed by atoms with Crippen LogP contribution in [-0.2, 0) is 10.0 Å². The maximum absolute atomic E-state index is 13.0. The van der Waals surface area contributed by atoms with Crippen molar-refractivity contribution in [1.29, 1.82) is 0 Å². The normalized spacial score (nSPS) is 20.9. The molecule has 1 aromatic heterocycles. The predicted octanol–water partition coefficient (Wildman–Crippen LogP) is 2.30. The van der Waals surface area contributed by atoms with Crippen molar-refractivity contribution < 1.29 is 17.7 Å². The lowest BCUT2D eigenvalue weighted by atomic mass is 9.97. The molecule has 2 aromatic rings. The molecule has 1 saturated heterocycles. The average molecular weight is 377 g/mol. The number of anilines is 1. The smallest absolute Gasteiger partial charge is 0.248 e. The zero-order valence-corrected chi connectivity index (χ0v) is 16.0. The fourth-order valence-electron chi connectivity index (χ4n) is 3.82. The average Bonchev–Trinajstić information content (AvgIpc) is 3.22. The number of aromatic nitrogens is 1. The van der Waals surface area contributed by atoms with Crippen molar-refractivity contribution in [2.24, 2.45) is 0 Å². The van der Waals surface area contributed by atoms with Gasteiger partial charge in [-0.1, -0.05) is 11.2 Å². The largest absolute Gasteiger partial charge is 0.490 e. The zero-order valence-electron chi connectivity index (χ0n) is 15.2. The van der Waals surface area contributed by atoms with Gasteiger partial charge in [-0.25, -0.2) is 8.42 Å². The van der Waals surface area contributed by atoms with Crippen LogP contribution in [0.1, 0.15) is 29.4 Å². The van der Waals surface area contributed by atoms with Crippen molar-refractivity contribution in [1.82, 2.24) is 9.46 Å². The van der Waals surface area contributed by atoms with E-state index in [0.29, 0.717) is 31.2 Å². The standard InChI is InChI=1S/C18H23N3O4S/c1-12-18(13(2)25-19-12)26(22,23)21-7-6-15(11-21)14-4-5-16-17(10-14)24-9-8-20(16)3/h4-5,10,15H,6-9,11H2,1-3H3/t15-/m0/s1. The second-order valence-corrected chi connectivity index (χ2v) is 8.87. The lowest BCUT2D eigenvalue weighted by molar-refractivity contribution is 0.311. The number of hydrogen-bond donors (Lipinski definition) is 0. The highest BCUT2D eigenvalue weighted by Crippen LogP contribution is 2.38. The third kappa shape index (κ3) is 2.77. The molecule has 0 N–H and O–H groups in total. The van der Waals surface area contributed by atoms with E-state index < -0.39 is 10.0 Å². The number of hydrogen-bond acceptors (Lipinski definition) is 6. The molecule has 2 aliphatic heterocycles. The van der Waals surface area contributed by atoms with Gasteiger partial charge in [-0.2, -0.15) is 4.31 Å². The molecule has 26 heavy (non-hydrogen) atoms.